The first kappa shape index (κ1) is 17.7. The SMILES string of the molecule is COc1ccccc1-n1nnnc1SCC(=O)N1C(C)CCCC1C. The zero-order chi connectivity index (χ0) is 17.8. The van der Waals surface area contributed by atoms with Gasteiger partial charge >= 0.3 is 0 Å². The average Bonchev–Trinajstić information content (AvgIpc) is 3.08. The van der Waals surface area contributed by atoms with E-state index < -0.39 is 0 Å². The number of nitrogens with zero attached hydrogens (tertiary/aromatic N) is 5. The van der Waals surface area contributed by atoms with E-state index in [1.807, 2.05) is 29.2 Å². The third-order valence-corrected chi connectivity index (χ3v) is 5.46. The lowest BCUT2D eigenvalue weighted by Gasteiger charge is -2.39. The van der Waals surface area contributed by atoms with Crippen molar-refractivity contribution in [2.45, 2.75) is 50.4 Å². The van der Waals surface area contributed by atoms with Crippen molar-refractivity contribution in [2.75, 3.05) is 12.9 Å². The van der Waals surface area contributed by atoms with Crippen LogP contribution in [0.5, 0.6) is 5.75 Å². The van der Waals surface area contributed by atoms with Crippen LogP contribution in [-0.4, -0.2) is 56.0 Å². The van der Waals surface area contributed by atoms with Crippen LogP contribution in [0, 0.1) is 0 Å². The second-order valence-electron chi connectivity index (χ2n) is 6.26. The molecule has 1 fully saturated rings. The molecule has 0 N–H and O–H groups in total. The number of methoxy groups -OCH3 is 1. The molecule has 1 aromatic heterocycles. The van der Waals surface area contributed by atoms with Gasteiger partial charge in [-0.25, -0.2) is 0 Å². The van der Waals surface area contributed by atoms with Crippen LogP contribution < -0.4 is 4.74 Å². The summed E-state index contributed by atoms with van der Waals surface area (Å²) in [6, 6.07) is 8.12. The normalized spacial score (nSPS) is 20.5. The highest BCUT2D eigenvalue weighted by atomic mass is 32.2. The molecule has 0 aliphatic carbocycles. The van der Waals surface area contributed by atoms with Gasteiger partial charge in [0.15, 0.2) is 0 Å². The molecule has 7 nitrogen and oxygen atoms in total. The van der Waals surface area contributed by atoms with Gasteiger partial charge in [-0.15, -0.1) is 5.10 Å². The number of hydrogen-bond donors (Lipinski definition) is 0. The molecule has 0 spiro atoms. The first-order valence-electron chi connectivity index (χ1n) is 8.47. The van der Waals surface area contributed by atoms with Crippen LogP contribution in [0.1, 0.15) is 33.1 Å². The number of carbonyl (C=O) groups excluding carboxylic acids is 1. The number of para-hydroxylation sites is 2. The summed E-state index contributed by atoms with van der Waals surface area (Å²) in [6.07, 6.45) is 3.32. The number of benzene rings is 1. The molecule has 0 saturated carbocycles. The van der Waals surface area contributed by atoms with Gasteiger partial charge in [0.05, 0.1) is 12.9 Å². The van der Waals surface area contributed by atoms with Gasteiger partial charge in [-0.3, -0.25) is 4.79 Å². The molecule has 2 unspecified atom stereocenters. The lowest BCUT2D eigenvalue weighted by Crippen LogP contribution is -2.48. The summed E-state index contributed by atoms with van der Waals surface area (Å²) >= 11 is 1.35. The van der Waals surface area contributed by atoms with Crippen molar-refractivity contribution in [1.29, 1.82) is 0 Å². The Balaban J connectivity index is 1.73. The van der Waals surface area contributed by atoms with Crippen LogP contribution in [-0.2, 0) is 4.79 Å². The molecule has 1 aliphatic rings. The maximum absolute atomic E-state index is 12.7. The highest BCUT2D eigenvalue weighted by Gasteiger charge is 2.29. The molecule has 1 amide bonds. The van der Waals surface area contributed by atoms with Crippen LogP contribution in [0.2, 0.25) is 0 Å². The highest BCUT2D eigenvalue weighted by Crippen LogP contribution is 2.27. The summed E-state index contributed by atoms with van der Waals surface area (Å²) in [5.74, 6) is 1.14. The molecule has 134 valence electrons. The summed E-state index contributed by atoms with van der Waals surface area (Å²) in [5.41, 5.74) is 0.754. The smallest absolute Gasteiger partial charge is 0.233 e. The van der Waals surface area contributed by atoms with Crippen molar-refractivity contribution in [1.82, 2.24) is 25.1 Å². The van der Waals surface area contributed by atoms with Crippen molar-refractivity contribution in [3.05, 3.63) is 24.3 Å². The largest absolute Gasteiger partial charge is 0.494 e. The maximum atomic E-state index is 12.7. The number of tetrazole rings is 1. The van der Waals surface area contributed by atoms with E-state index in [0.29, 0.717) is 28.7 Å². The zero-order valence-corrected chi connectivity index (χ0v) is 15.6. The molecule has 1 saturated heterocycles. The molecule has 25 heavy (non-hydrogen) atoms. The Hall–Kier alpha value is -2.09. The van der Waals surface area contributed by atoms with E-state index in [4.69, 9.17) is 4.74 Å². The number of piperidine rings is 1. The molecule has 2 heterocycles. The fourth-order valence-corrected chi connectivity index (χ4v) is 4.09. The molecular formula is C17H23N5O2S. The number of rotatable bonds is 5. The number of carbonyl (C=O) groups is 1. The lowest BCUT2D eigenvalue weighted by atomic mass is 9.98. The third-order valence-electron chi connectivity index (χ3n) is 4.56. The van der Waals surface area contributed by atoms with E-state index in [-0.39, 0.29) is 5.91 Å². The van der Waals surface area contributed by atoms with Crippen LogP contribution in [0.4, 0.5) is 0 Å². The van der Waals surface area contributed by atoms with E-state index in [1.165, 1.54) is 18.2 Å². The molecule has 0 radical (unpaired) electrons. The second-order valence-corrected chi connectivity index (χ2v) is 7.21. The predicted octanol–water partition coefficient (Wildman–Crippen LogP) is 2.55. The number of thioether (sulfide) groups is 1. The summed E-state index contributed by atoms with van der Waals surface area (Å²) < 4.78 is 6.98. The molecule has 3 rings (SSSR count). The van der Waals surface area contributed by atoms with Crippen molar-refractivity contribution < 1.29 is 9.53 Å². The quantitative estimate of drug-likeness (QED) is 0.762. The fraction of sp³-hybridized carbons (Fsp3) is 0.529. The van der Waals surface area contributed by atoms with E-state index in [1.54, 1.807) is 11.8 Å². The Morgan fingerprint density at radius 2 is 2.00 bits per heavy atom. The summed E-state index contributed by atoms with van der Waals surface area (Å²) in [5, 5.41) is 12.4. The lowest BCUT2D eigenvalue weighted by molar-refractivity contribution is -0.134. The number of aromatic nitrogens is 4. The molecule has 2 aromatic rings. The number of amides is 1. The Morgan fingerprint density at radius 3 is 2.72 bits per heavy atom. The van der Waals surface area contributed by atoms with Crippen LogP contribution in [0.25, 0.3) is 5.69 Å². The summed E-state index contributed by atoms with van der Waals surface area (Å²) in [7, 11) is 1.61. The average molecular weight is 361 g/mol. The van der Waals surface area contributed by atoms with Crippen LogP contribution in [0.15, 0.2) is 29.4 Å². The first-order valence-corrected chi connectivity index (χ1v) is 9.46. The topological polar surface area (TPSA) is 73.1 Å². The Bertz CT molecular complexity index is 725. The van der Waals surface area contributed by atoms with Gasteiger partial charge in [0, 0.05) is 12.1 Å². The molecule has 8 heteroatoms. The first-order chi connectivity index (χ1) is 12.1. The minimum Gasteiger partial charge on any atom is -0.494 e. The van der Waals surface area contributed by atoms with Gasteiger partial charge in [0.25, 0.3) is 0 Å². The highest BCUT2D eigenvalue weighted by molar-refractivity contribution is 7.99. The van der Waals surface area contributed by atoms with Gasteiger partial charge in [0.1, 0.15) is 11.4 Å². The third kappa shape index (κ3) is 3.78. The maximum Gasteiger partial charge on any atom is 0.233 e. The van der Waals surface area contributed by atoms with E-state index >= 15 is 0 Å². The summed E-state index contributed by atoms with van der Waals surface area (Å²) in [6.45, 7) is 4.24. The van der Waals surface area contributed by atoms with Gasteiger partial charge in [-0.05, 0) is 55.7 Å². The van der Waals surface area contributed by atoms with Crippen LogP contribution in [0.3, 0.4) is 0 Å². The zero-order valence-electron chi connectivity index (χ0n) is 14.8. The van der Waals surface area contributed by atoms with Crippen molar-refractivity contribution in [2.24, 2.45) is 0 Å². The minimum absolute atomic E-state index is 0.138. The number of likely N-dealkylation sites (tertiary alicyclic amines) is 1. The van der Waals surface area contributed by atoms with E-state index in [0.717, 1.165) is 18.5 Å². The second kappa shape index (κ2) is 7.86. The fourth-order valence-electron chi connectivity index (χ4n) is 3.34. The van der Waals surface area contributed by atoms with Gasteiger partial charge in [-0.2, -0.15) is 4.68 Å². The van der Waals surface area contributed by atoms with Gasteiger partial charge < -0.3 is 9.64 Å². The molecule has 1 aromatic carbocycles. The molecule has 1 aliphatic heterocycles. The standard InChI is InChI=1S/C17H23N5O2S/c1-12-7-6-8-13(2)21(12)16(23)11-25-17-18-19-20-22(17)14-9-4-5-10-15(14)24-3/h4-5,9-10,12-13H,6-8,11H2,1-3H3. The van der Waals surface area contributed by atoms with Gasteiger partial charge in [0.2, 0.25) is 11.1 Å². The summed E-state index contributed by atoms with van der Waals surface area (Å²) in [4.78, 5) is 14.7. The molecule has 2 atom stereocenters. The molecule has 0 bridgehead atoms. The van der Waals surface area contributed by atoms with E-state index in [9.17, 15) is 4.79 Å². The van der Waals surface area contributed by atoms with Crippen molar-refractivity contribution >= 4 is 17.7 Å². The van der Waals surface area contributed by atoms with E-state index in [2.05, 4.69) is 29.4 Å². The number of hydrogen-bond acceptors (Lipinski definition) is 6. The predicted molar refractivity (Wildman–Crippen MR) is 96.1 cm³/mol. The van der Waals surface area contributed by atoms with Crippen molar-refractivity contribution in [3.8, 4) is 11.4 Å². The van der Waals surface area contributed by atoms with Crippen molar-refractivity contribution in [3.63, 3.8) is 0 Å². The monoisotopic (exact) mass is 361 g/mol. The van der Waals surface area contributed by atoms with Crippen LogP contribution >= 0.6 is 11.8 Å². The minimum atomic E-state index is 0.138. The number of ether oxygens (including phenoxy) is 1. The van der Waals surface area contributed by atoms with Gasteiger partial charge in [-0.1, -0.05) is 23.9 Å². The Kier molecular flexibility index (Phi) is 5.57. The molecular weight excluding hydrogens is 338 g/mol. The Morgan fingerprint density at radius 1 is 1.28 bits per heavy atom. The Labute approximate surface area is 151 Å².